The molecule has 3 rings (SSSR count). The van der Waals surface area contributed by atoms with Crippen LogP contribution in [0.4, 0.5) is 5.69 Å². The molecule has 0 fully saturated rings. The smallest absolute Gasteiger partial charge is 0.253 e. The average Bonchev–Trinajstić information content (AvgIpc) is 2.80. The lowest BCUT2D eigenvalue weighted by atomic mass is 10.2. The minimum absolute atomic E-state index is 0.259. The predicted octanol–water partition coefficient (Wildman–Crippen LogP) is 5.43. The van der Waals surface area contributed by atoms with Crippen molar-refractivity contribution < 1.29 is 23.7 Å². The van der Waals surface area contributed by atoms with Crippen LogP contribution in [0.1, 0.15) is 19.4 Å². The van der Waals surface area contributed by atoms with Gasteiger partial charge in [-0.05, 0) is 67.9 Å². The summed E-state index contributed by atoms with van der Waals surface area (Å²) in [5.74, 6) is 2.45. The molecule has 3 aromatic rings. The monoisotopic (exact) mass is 421 g/mol. The number of anilines is 1. The van der Waals surface area contributed by atoms with Crippen molar-refractivity contribution in [3.63, 3.8) is 0 Å². The fraction of sp³-hybridized carbons (Fsp3) is 0.240. The highest BCUT2D eigenvalue weighted by Crippen LogP contribution is 2.30. The second-order valence-electron chi connectivity index (χ2n) is 6.80. The van der Waals surface area contributed by atoms with Gasteiger partial charge in [0.05, 0.1) is 26.0 Å². The van der Waals surface area contributed by atoms with Crippen LogP contribution in [0.25, 0.3) is 0 Å². The first-order valence-corrected chi connectivity index (χ1v) is 10.1. The molecule has 0 radical (unpaired) electrons. The van der Waals surface area contributed by atoms with Crippen LogP contribution < -0.4 is 19.5 Å². The van der Waals surface area contributed by atoms with Gasteiger partial charge in [-0.1, -0.05) is 24.3 Å². The van der Waals surface area contributed by atoms with Crippen LogP contribution in [0.5, 0.6) is 23.0 Å². The Hall–Kier alpha value is -3.51. The Labute approximate surface area is 182 Å². The molecule has 1 N–H and O–H groups in total. The van der Waals surface area contributed by atoms with E-state index >= 15 is 0 Å². The molecule has 162 valence electrons. The zero-order valence-corrected chi connectivity index (χ0v) is 18.0. The number of carbonyl (C=O) groups is 1. The molecule has 0 bridgehead atoms. The molecule has 0 saturated carbocycles. The molecule has 0 aliphatic rings. The van der Waals surface area contributed by atoms with Gasteiger partial charge in [0.25, 0.3) is 5.91 Å². The second-order valence-corrected chi connectivity index (χ2v) is 6.80. The molecule has 31 heavy (non-hydrogen) atoms. The van der Waals surface area contributed by atoms with Crippen molar-refractivity contribution in [2.45, 2.75) is 26.6 Å². The number of ether oxygens (including phenoxy) is 4. The Kier molecular flexibility index (Phi) is 7.90. The summed E-state index contributed by atoms with van der Waals surface area (Å²) in [6.45, 7) is 4.55. The standard InChI is InChI=1S/C25H27NO5/c1-4-29-20-12-14-21(15-13-20)31-24-11-6-5-10-23(24)26-25(27)18(2)30-17-19-8-7-9-22(16-19)28-3/h5-16,18H,4,17H2,1-3H3,(H,26,27). The van der Waals surface area contributed by atoms with Crippen molar-refractivity contribution in [3.05, 3.63) is 78.4 Å². The Bertz CT molecular complexity index is 987. The van der Waals surface area contributed by atoms with E-state index in [-0.39, 0.29) is 5.91 Å². The van der Waals surface area contributed by atoms with E-state index in [9.17, 15) is 4.79 Å². The molecule has 1 unspecified atom stereocenters. The minimum atomic E-state index is -0.648. The molecular formula is C25H27NO5. The maximum Gasteiger partial charge on any atom is 0.253 e. The first-order chi connectivity index (χ1) is 15.1. The van der Waals surface area contributed by atoms with E-state index in [0.717, 1.165) is 17.1 Å². The third-order valence-electron chi connectivity index (χ3n) is 4.51. The zero-order chi connectivity index (χ0) is 22.1. The largest absolute Gasteiger partial charge is 0.497 e. The molecule has 1 amide bonds. The summed E-state index contributed by atoms with van der Waals surface area (Å²) < 4.78 is 22.3. The van der Waals surface area contributed by atoms with Crippen LogP contribution in [0.2, 0.25) is 0 Å². The first kappa shape index (κ1) is 22.2. The number of hydrogen-bond donors (Lipinski definition) is 1. The molecule has 0 heterocycles. The number of carbonyl (C=O) groups excluding carboxylic acids is 1. The number of methoxy groups -OCH3 is 1. The fourth-order valence-electron chi connectivity index (χ4n) is 2.85. The Balaban J connectivity index is 1.60. The topological polar surface area (TPSA) is 66.0 Å². The average molecular weight is 421 g/mol. The van der Waals surface area contributed by atoms with E-state index < -0.39 is 6.10 Å². The number of amides is 1. The number of nitrogens with one attached hydrogen (secondary N) is 1. The first-order valence-electron chi connectivity index (χ1n) is 10.1. The van der Waals surface area contributed by atoms with Crippen molar-refractivity contribution in [2.24, 2.45) is 0 Å². The van der Waals surface area contributed by atoms with Crippen LogP contribution >= 0.6 is 0 Å². The van der Waals surface area contributed by atoms with Crippen LogP contribution in [-0.4, -0.2) is 25.7 Å². The van der Waals surface area contributed by atoms with Gasteiger partial charge in [-0.2, -0.15) is 0 Å². The molecule has 1 atom stereocenters. The Morgan fingerprint density at radius 1 is 0.935 bits per heavy atom. The van der Waals surface area contributed by atoms with E-state index in [2.05, 4.69) is 5.32 Å². The molecular weight excluding hydrogens is 394 g/mol. The van der Waals surface area contributed by atoms with E-state index in [1.807, 2.05) is 67.6 Å². The third kappa shape index (κ3) is 6.49. The molecule has 6 heteroatoms. The van der Waals surface area contributed by atoms with Crippen LogP contribution in [0.15, 0.2) is 72.8 Å². The van der Waals surface area contributed by atoms with Crippen molar-refractivity contribution in [3.8, 4) is 23.0 Å². The lowest BCUT2D eigenvalue weighted by molar-refractivity contribution is -0.127. The van der Waals surface area contributed by atoms with Crippen molar-refractivity contribution in [1.29, 1.82) is 0 Å². The summed E-state index contributed by atoms with van der Waals surface area (Å²) in [6, 6.07) is 22.2. The quantitative estimate of drug-likeness (QED) is 0.473. The lowest BCUT2D eigenvalue weighted by Crippen LogP contribution is -2.27. The van der Waals surface area contributed by atoms with Gasteiger partial charge in [0, 0.05) is 0 Å². The second kappa shape index (κ2) is 11.0. The molecule has 0 aliphatic heterocycles. The molecule has 0 saturated heterocycles. The van der Waals surface area contributed by atoms with E-state index in [1.54, 1.807) is 26.2 Å². The normalized spacial score (nSPS) is 11.5. The zero-order valence-electron chi connectivity index (χ0n) is 18.0. The molecule has 6 nitrogen and oxygen atoms in total. The number of para-hydroxylation sites is 2. The highest BCUT2D eigenvalue weighted by Gasteiger charge is 2.16. The number of benzene rings is 3. The summed E-state index contributed by atoms with van der Waals surface area (Å²) in [5.41, 5.74) is 1.50. The Morgan fingerprint density at radius 2 is 1.68 bits per heavy atom. The Morgan fingerprint density at radius 3 is 2.42 bits per heavy atom. The fourth-order valence-corrected chi connectivity index (χ4v) is 2.85. The van der Waals surface area contributed by atoms with Crippen molar-refractivity contribution in [2.75, 3.05) is 19.0 Å². The molecule has 0 aliphatic carbocycles. The van der Waals surface area contributed by atoms with Gasteiger partial charge in [-0.3, -0.25) is 4.79 Å². The van der Waals surface area contributed by atoms with E-state index in [0.29, 0.717) is 30.4 Å². The maximum atomic E-state index is 12.6. The minimum Gasteiger partial charge on any atom is -0.497 e. The number of hydrogen-bond acceptors (Lipinski definition) is 5. The van der Waals surface area contributed by atoms with Gasteiger partial charge in [-0.15, -0.1) is 0 Å². The third-order valence-corrected chi connectivity index (χ3v) is 4.51. The van der Waals surface area contributed by atoms with Gasteiger partial charge >= 0.3 is 0 Å². The lowest BCUT2D eigenvalue weighted by Gasteiger charge is -2.16. The highest BCUT2D eigenvalue weighted by atomic mass is 16.5. The molecule has 0 spiro atoms. The number of rotatable bonds is 10. The maximum absolute atomic E-state index is 12.6. The van der Waals surface area contributed by atoms with Gasteiger partial charge in [0.1, 0.15) is 23.4 Å². The summed E-state index contributed by atoms with van der Waals surface area (Å²) >= 11 is 0. The summed E-state index contributed by atoms with van der Waals surface area (Å²) in [6.07, 6.45) is -0.648. The highest BCUT2D eigenvalue weighted by molar-refractivity contribution is 5.95. The molecule has 3 aromatic carbocycles. The van der Waals surface area contributed by atoms with Crippen molar-refractivity contribution in [1.82, 2.24) is 0 Å². The van der Waals surface area contributed by atoms with Crippen LogP contribution in [0, 0.1) is 0 Å². The molecule has 0 aromatic heterocycles. The van der Waals surface area contributed by atoms with Gasteiger partial charge < -0.3 is 24.3 Å². The summed E-state index contributed by atoms with van der Waals surface area (Å²) in [5, 5.41) is 2.88. The van der Waals surface area contributed by atoms with E-state index in [4.69, 9.17) is 18.9 Å². The van der Waals surface area contributed by atoms with Gasteiger partial charge in [0.15, 0.2) is 5.75 Å². The van der Waals surface area contributed by atoms with Crippen molar-refractivity contribution >= 4 is 11.6 Å². The van der Waals surface area contributed by atoms with Crippen LogP contribution in [0.3, 0.4) is 0 Å². The predicted molar refractivity (Wildman–Crippen MR) is 120 cm³/mol. The summed E-state index contributed by atoms with van der Waals surface area (Å²) in [7, 11) is 1.61. The van der Waals surface area contributed by atoms with Gasteiger partial charge in [0.2, 0.25) is 0 Å². The van der Waals surface area contributed by atoms with Gasteiger partial charge in [-0.25, -0.2) is 0 Å². The van der Waals surface area contributed by atoms with E-state index in [1.165, 1.54) is 0 Å². The van der Waals surface area contributed by atoms with Crippen LogP contribution in [-0.2, 0) is 16.1 Å². The summed E-state index contributed by atoms with van der Waals surface area (Å²) in [4.78, 5) is 12.6. The SMILES string of the molecule is CCOc1ccc(Oc2ccccc2NC(=O)C(C)OCc2cccc(OC)c2)cc1.